The highest BCUT2D eigenvalue weighted by Crippen LogP contribution is 2.21. The van der Waals surface area contributed by atoms with Gasteiger partial charge in [-0.3, -0.25) is 10.1 Å². The van der Waals surface area contributed by atoms with E-state index in [-0.39, 0.29) is 5.91 Å². The van der Waals surface area contributed by atoms with Crippen LogP contribution in [-0.4, -0.2) is 16.1 Å². The van der Waals surface area contributed by atoms with Gasteiger partial charge < -0.3 is 5.73 Å². The summed E-state index contributed by atoms with van der Waals surface area (Å²) in [5.41, 5.74) is 8.16. The fourth-order valence-electron chi connectivity index (χ4n) is 1.11. The Kier molecular flexibility index (Phi) is 3.16. The second kappa shape index (κ2) is 4.58. The van der Waals surface area contributed by atoms with Crippen LogP contribution < -0.4 is 11.1 Å². The molecule has 0 aliphatic carbocycles. The van der Waals surface area contributed by atoms with E-state index in [4.69, 9.17) is 5.73 Å². The molecule has 1 amide bonds. The van der Waals surface area contributed by atoms with Crippen molar-refractivity contribution < 1.29 is 4.79 Å². The van der Waals surface area contributed by atoms with Crippen molar-refractivity contribution in [2.45, 2.75) is 0 Å². The molecule has 0 spiro atoms. The zero-order valence-corrected chi connectivity index (χ0v) is 10.4. The summed E-state index contributed by atoms with van der Waals surface area (Å²) < 4.78 is 0.684. The lowest BCUT2D eigenvalue weighted by Crippen LogP contribution is -2.12. The van der Waals surface area contributed by atoms with Gasteiger partial charge in [0.2, 0.25) is 5.13 Å². The van der Waals surface area contributed by atoms with Gasteiger partial charge >= 0.3 is 0 Å². The van der Waals surface area contributed by atoms with Crippen LogP contribution in [0.15, 0.2) is 28.2 Å². The molecule has 82 valence electrons. The summed E-state index contributed by atoms with van der Waals surface area (Å²) in [6.45, 7) is 0. The molecule has 5 nitrogen and oxygen atoms in total. The number of anilines is 2. The van der Waals surface area contributed by atoms with E-state index in [1.165, 1.54) is 11.3 Å². The first-order valence-corrected chi connectivity index (χ1v) is 5.96. The molecule has 0 saturated carbocycles. The van der Waals surface area contributed by atoms with Gasteiger partial charge in [-0.25, -0.2) is 0 Å². The van der Waals surface area contributed by atoms with E-state index in [1.54, 1.807) is 23.7 Å². The molecule has 16 heavy (non-hydrogen) atoms. The van der Waals surface area contributed by atoms with Crippen molar-refractivity contribution in [1.29, 1.82) is 0 Å². The number of halogens is 1. The van der Waals surface area contributed by atoms with Crippen LogP contribution in [0, 0.1) is 0 Å². The van der Waals surface area contributed by atoms with Gasteiger partial charge in [0, 0.05) is 10.2 Å². The molecule has 0 atom stereocenters. The van der Waals surface area contributed by atoms with Crippen LogP contribution in [0.4, 0.5) is 10.8 Å². The third-order valence-corrected chi connectivity index (χ3v) is 3.11. The number of nitrogens with two attached hydrogens (primary N) is 1. The SMILES string of the molecule is Nc1ccc(Br)c(C(=O)Nc2nncs2)c1. The molecular weight excluding hydrogens is 292 g/mol. The molecule has 0 radical (unpaired) electrons. The van der Waals surface area contributed by atoms with Gasteiger partial charge in [-0.1, -0.05) is 11.3 Å². The fourth-order valence-corrected chi connectivity index (χ4v) is 1.98. The lowest BCUT2D eigenvalue weighted by Gasteiger charge is -2.04. The van der Waals surface area contributed by atoms with Gasteiger partial charge in [-0.15, -0.1) is 10.2 Å². The second-order valence-electron chi connectivity index (χ2n) is 2.94. The van der Waals surface area contributed by atoms with E-state index in [0.717, 1.165) is 0 Å². The van der Waals surface area contributed by atoms with Crippen LogP contribution in [-0.2, 0) is 0 Å². The number of carbonyl (C=O) groups is 1. The number of benzene rings is 1. The normalized spacial score (nSPS) is 10.1. The predicted molar refractivity (Wildman–Crippen MR) is 66.4 cm³/mol. The molecule has 0 fully saturated rings. The van der Waals surface area contributed by atoms with Crippen molar-refractivity contribution in [3.8, 4) is 0 Å². The lowest BCUT2D eigenvalue weighted by atomic mass is 10.2. The standard InChI is InChI=1S/C9H7BrN4OS/c10-7-2-1-5(11)3-6(7)8(15)13-9-14-12-4-16-9/h1-4H,11H2,(H,13,14,15). The van der Waals surface area contributed by atoms with Gasteiger partial charge in [-0.2, -0.15) is 0 Å². The van der Waals surface area contributed by atoms with E-state index in [1.807, 2.05) is 0 Å². The summed E-state index contributed by atoms with van der Waals surface area (Å²) in [4.78, 5) is 11.8. The van der Waals surface area contributed by atoms with Gasteiger partial charge in [-0.05, 0) is 34.1 Å². The number of aromatic nitrogens is 2. The highest BCUT2D eigenvalue weighted by Gasteiger charge is 2.11. The molecule has 2 rings (SSSR count). The zero-order chi connectivity index (χ0) is 11.5. The summed E-state index contributed by atoms with van der Waals surface area (Å²) >= 11 is 4.54. The van der Waals surface area contributed by atoms with E-state index >= 15 is 0 Å². The Hall–Kier alpha value is -1.47. The van der Waals surface area contributed by atoms with E-state index < -0.39 is 0 Å². The molecule has 0 unspecified atom stereocenters. The Labute approximate surface area is 104 Å². The second-order valence-corrected chi connectivity index (χ2v) is 4.62. The Morgan fingerprint density at radius 3 is 3.00 bits per heavy atom. The van der Waals surface area contributed by atoms with Crippen molar-refractivity contribution in [3.05, 3.63) is 33.7 Å². The predicted octanol–water partition coefficient (Wildman–Crippen LogP) is 2.14. The molecule has 1 aromatic heterocycles. The molecule has 0 aliphatic heterocycles. The number of rotatable bonds is 2. The molecule has 3 N–H and O–H groups in total. The Balaban J connectivity index is 2.24. The van der Waals surface area contributed by atoms with Gasteiger partial charge in [0.25, 0.3) is 5.91 Å². The lowest BCUT2D eigenvalue weighted by molar-refractivity contribution is 0.102. The quantitative estimate of drug-likeness (QED) is 0.832. The van der Waals surface area contributed by atoms with Crippen molar-refractivity contribution >= 4 is 44.0 Å². The highest BCUT2D eigenvalue weighted by atomic mass is 79.9. The van der Waals surface area contributed by atoms with Crippen LogP contribution in [0.1, 0.15) is 10.4 Å². The Morgan fingerprint density at radius 2 is 2.31 bits per heavy atom. The number of nitrogen functional groups attached to an aromatic ring is 1. The first-order valence-electron chi connectivity index (χ1n) is 4.29. The maximum atomic E-state index is 11.8. The smallest absolute Gasteiger partial charge is 0.258 e. The Morgan fingerprint density at radius 1 is 1.50 bits per heavy atom. The van der Waals surface area contributed by atoms with Crippen molar-refractivity contribution in [2.24, 2.45) is 0 Å². The van der Waals surface area contributed by atoms with Crippen LogP contribution in [0.25, 0.3) is 0 Å². The molecule has 7 heteroatoms. The maximum absolute atomic E-state index is 11.8. The minimum atomic E-state index is -0.268. The first-order chi connectivity index (χ1) is 7.66. The van der Waals surface area contributed by atoms with Gasteiger partial charge in [0.05, 0.1) is 5.56 Å². The number of hydrogen-bond donors (Lipinski definition) is 2. The van der Waals surface area contributed by atoms with Crippen molar-refractivity contribution in [2.75, 3.05) is 11.1 Å². The number of nitrogens with one attached hydrogen (secondary N) is 1. The van der Waals surface area contributed by atoms with Crippen LogP contribution in [0.5, 0.6) is 0 Å². The topological polar surface area (TPSA) is 80.9 Å². The third kappa shape index (κ3) is 2.37. The number of amides is 1. The van der Waals surface area contributed by atoms with Crippen molar-refractivity contribution in [3.63, 3.8) is 0 Å². The average Bonchev–Trinajstić information content (AvgIpc) is 2.74. The van der Waals surface area contributed by atoms with E-state index in [9.17, 15) is 4.79 Å². The monoisotopic (exact) mass is 298 g/mol. The van der Waals surface area contributed by atoms with Crippen LogP contribution in [0.2, 0.25) is 0 Å². The van der Waals surface area contributed by atoms with Crippen LogP contribution in [0.3, 0.4) is 0 Å². The molecule has 0 bridgehead atoms. The molecule has 0 saturated heterocycles. The number of hydrogen-bond acceptors (Lipinski definition) is 5. The molecule has 1 heterocycles. The summed E-state index contributed by atoms with van der Waals surface area (Å²) in [5.74, 6) is -0.268. The maximum Gasteiger partial charge on any atom is 0.258 e. The zero-order valence-electron chi connectivity index (χ0n) is 7.98. The number of carbonyl (C=O) groups excluding carboxylic acids is 1. The van der Waals surface area contributed by atoms with E-state index in [0.29, 0.717) is 20.9 Å². The highest BCUT2D eigenvalue weighted by molar-refractivity contribution is 9.10. The van der Waals surface area contributed by atoms with Gasteiger partial charge in [0.1, 0.15) is 5.51 Å². The number of nitrogens with zero attached hydrogens (tertiary/aromatic N) is 2. The van der Waals surface area contributed by atoms with E-state index in [2.05, 4.69) is 31.4 Å². The Bertz CT molecular complexity index is 514. The third-order valence-electron chi connectivity index (χ3n) is 1.82. The average molecular weight is 299 g/mol. The summed E-state index contributed by atoms with van der Waals surface area (Å²) in [6, 6.07) is 5.04. The van der Waals surface area contributed by atoms with Crippen LogP contribution >= 0.6 is 27.3 Å². The molecule has 0 aliphatic rings. The molecule has 1 aromatic carbocycles. The summed E-state index contributed by atoms with van der Waals surface area (Å²) in [7, 11) is 0. The minimum absolute atomic E-state index is 0.268. The minimum Gasteiger partial charge on any atom is -0.399 e. The molecular formula is C9H7BrN4OS. The van der Waals surface area contributed by atoms with Gasteiger partial charge in [0.15, 0.2) is 0 Å². The first kappa shape index (κ1) is 11.0. The summed E-state index contributed by atoms with van der Waals surface area (Å²) in [5, 5.41) is 10.4. The fraction of sp³-hybridized carbons (Fsp3) is 0. The summed E-state index contributed by atoms with van der Waals surface area (Å²) in [6.07, 6.45) is 0. The van der Waals surface area contributed by atoms with Crippen molar-refractivity contribution in [1.82, 2.24) is 10.2 Å². The largest absolute Gasteiger partial charge is 0.399 e. The molecule has 2 aromatic rings.